The molecule has 106 valence electrons. The van der Waals surface area contributed by atoms with E-state index in [1.807, 2.05) is 6.07 Å². The number of amides is 1. The van der Waals surface area contributed by atoms with Crippen LogP contribution in [0, 0.1) is 17.1 Å². The highest BCUT2D eigenvalue weighted by atomic mass is 19.1. The van der Waals surface area contributed by atoms with Gasteiger partial charge >= 0.3 is 0 Å². The van der Waals surface area contributed by atoms with Crippen molar-refractivity contribution in [3.05, 3.63) is 59.4 Å². The number of nitriles is 1. The second-order valence-corrected chi connectivity index (χ2v) is 4.22. The van der Waals surface area contributed by atoms with E-state index in [1.165, 1.54) is 18.2 Å². The minimum atomic E-state index is -0.541. The van der Waals surface area contributed by atoms with Crippen LogP contribution in [0.15, 0.2) is 42.5 Å². The first kappa shape index (κ1) is 14.5. The fraction of sp³-hybridized carbons (Fsp3) is 0.125. The number of halogens is 1. The molecule has 0 heterocycles. The first-order chi connectivity index (χ1) is 10.1. The van der Waals surface area contributed by atoms with Crippen LogP contribution in [0.2, 0.25) is 0 Å². The Balaban J connectivity index is 2.16. The summed E-state index contributed by atoms with van der Waals surface area (Å²) < 4.78 is 18.8. The van der Waals surface area contributed by atoms with Gasteiger partial charge in [0.1, 0.15) is 0 Å². The molecular weight excluding hydrogens is 271 g/mol. The summed E-state index contributed by atoms with van der Waals surface area (Å²) in [7, 11) is 0. The van der Waals surface area contributed by atoms with E-state index in [9.17, 15) is 9.18 Å². The highest BCUT2D eigenvalue weighted by Crippen LogP contribution is 2.21. The third-order valence-electron chi connectivity index (χ3n) is 2.74. The molecule has 0 saturated heterocycles. The van der Waals surface area contributed by atoms with E-state index in [-0.39, 0.29) is 5.75 Å². The lowest BCUT2D eigenvalue weighted by Crippen LogP contribution is -2.12. The van der Waals surface area contributed by atoms with E-state index in [0.29, 0.717) is 23.4 Å². The lowest BCUT2D eigenvalue weighted by Gasteiger charge is -2.08. The Hall–Kier alpha value is -2.87. The standard InChI is InChI=1S/C16H13FN2O2/c1-2-21-15-7-6-13(9-14(15)17)19-16(20)12-5-3-4-11(8-12)10-18/h3-9H,2H2,1H3,(H,19,20). The molecule has 21 heavy (non-hydrogen) atoms. The molecule has 2 rings (SSSR count). The Bertz CT molecular complexity index is 708. The maximum absolute atomic E-state index is 13.7. The van der Waals surface area contributed by atoms with Gasteiger partial charge in [-0.1, -0.05) is 6.07 Å². The number of nitrogens with one attached hydrogen (secondary N) is 1. The van der Waals surface area contributed by atoms with Crippen LogP contribution in [-0.2, 0) is 0 Å². The Morgan fingerprint density at radius 3 is 2.81 bits per heavy atom. The maximum Gasteiger partial charge on any atom is 0.255 e. The molecule has 2 aromatic carbocycles. The lowest BCUT2D eigenvalue weighted by atomic mass is 10.1. The molecule has 0 bridgehead atoms. The van der Waals surface area contributed by atoms with E-state index in [2.05, 4.69) is 5.32 Å². The molecule has 0 atom stereocenters. The van der Waals surface area contributed by atoms with Crippen LogP contribution in [0.5, 0.6) is 5.75 Å². The van der Waals surface area contributed by atoms with Crippen molar-refractivity contribution in [3.63, 3.8) is 0 Å². The summed E-state index contributed by atoms with van der Waals surface area (Å²) in [5.41, 5.74) is 1.05. The molecule has 0 radical (unpaired) electrons. The third kappa shape index (κ3) is 3.57. The number of carbonyl (C=O) groups is 1. The predicted molar refractivity (Wildman–Crippen MR) is 76.7 cm³/mol. The Morgan fingerprint density at radius 2 is 2.14 bits per heavy atom. The number of anilines is 1. The zero-order chi connectivity index (χ0) is 15.2. The summed E-state index contributed by atoms with van der Waals surface area (Å²) in [5, 5.41) is 11.4. The number of rotatable bonds is 4. The van der Waals surface area contributed by atoms with Gasteiger partial charge in [-0.25, -0.2) is 4.39 Å². The van der Waals surface area contributed by atoms with Crippen molar-refractivity contribution in [3.8, 4) is 11.8 Å². The van der Waals surface area contributed by atoms with Gasteiger partial charge < -0.3 is 10.1 Å². The molecule has 0 aliphatic carbocycles. The average Bonchev–Trinajstić information content (AvgIpc) is 2.50. The van der Waals surface area contributed by atoms with Crippen LogP contribution in [-0.4, -0.2) is 12.5 Å². The minimum Gasteiger partial charge on any atom is -0.491 e. The SMILES string of the molecule is CCOc1ccc(NC(=O)c2cccc(C#N)c2)cc1F. The first-order valence-corrected chi connectivity index (χ1v) is 6.38. The summed E-state index contributed by atoms with van der Waals surface area (Å²) in [6.07, 6.45) is 0. The zero-order valence-corrected chi connectivity index (χ0v) is 11.4. The molecule has 0 fully saturated rings. The molecule has 1 amide bonds. The van der Waals surface area contributed by atoms with Gasteiger partial charge in [0.2, 0.25) is 0 Å². The molecule has 0 aromatic heterocycles. The summed E-state index contributed by atoms with van der Waals surface area (Å²) in [6.45, 7) is 2.13. The smallest absolute Gasteiger partial charge is 0.255 e. The van der Waals surface area contributed by atoms with E-state index < -0.39 is 11.7 Å². The summed E-state index contributed by atoms with van der Waals surface area (Å²) in [6, 6.07) is 12.4. The van der Waals surface area contributed by atoms with Gasteiger partial charge in [0.05, 0.1) is 18.2 Å². The second-order valence-electron chi connectivity index (χ2n) is 4.22. The fourth-order valence-corrected chi connectivity index (χ4v) is 1.78. The summed E-state index contributed by atoms with van der Waals surface area (Å²) in [5.74, 6) is -0.807. The molecule has 2 aromatic rings. The Kier molecular flexibility index (Phi) is 4.52. The van der Waals surface area contributed by atoms with Crippen LogP contribution in [0.4, 0.5) is 10.1 Å². The molecule has 0 unspecified atom stereocenters. The van der Waals surface area contributed by atoms with Gasteiger partial charge in [0.25, 0.3) is 5.91 Å². The lowest BCUT2D eigenvalue weighted by molar-refractivity contribution is 0.102. The van der Waals surface area contributed by atoms with Gasteiger partial charge in [-0.3, -0.25) is 4.79 Å². The van der Waals surface area contributed by atoms with Gasteiger partial charge in [0.15, 0.2) is 11.6 Å². The second kappa shape index (κ2) is 6.53. The van der Waals surface area contributed by atoms with E-state index in [4.69, 9.17) is 10.00 Å². The Morgan fingerprint density at radius 1 is 1.33 bits per heavy atom. The first-order valence-electron chi connectivity index (χ1n) is 6.38. The minimum absolute atomic E-state index is 0.141. The van der Waals surface area contributed by atoms with Gasteiger partial charge in [-0.2, -0.15) is 5.26 Å². The molecule has 5 heteroatoms. The van der Waals surface area contributed by atoms with Crippen LogP contribution >= 0.6 is 0 Å². The topological polar surface area (TPSA) is 62.1 Å². The van der Waals surface area contributed by atoms with Crippen LogP contribution in [0.1, 0.15) is 22.8 Å². The number of hydrogen-bond donors (Lipinski definition) is 1. The van der Waals surface area contributed by atoms with E-state index in [1.54, 1.807) is 31.2 Å². The van der Waals surface area contributed by atoms with Gasteiger partial charge in [0, 0.05) is 17.3 Å². The van der Waals surface area contributed by atoms with Crippen molar-refractivity contribution >= 4 is 11.6 Å². The molecular formula is C16H13FN2O2. The molecule has 0 saturated carbocycles. The third-order valence-corrected chi connectivity index (χ3v) is 2.74. The monoisotopic (exact) mass is 284 g/mol. The number of benzene rings is 2. The number of hydrogen-bond acceptors (Lipinski definition) is 3. The highest BCUT2D eigenvalue weighted by molar-refractivity contribution is 6.04. The van der Waals surface area contributed by atoms with Gasteiger partial charge in [-0.15, -0.1) is 0 Å². The van der Waals surface area contributed by atoms with Crippen molar-refractivity contribution in [2.24, 2.45) is 0 Å². The predicted octanol–water partition coefficient (Wildman–Crippen LogP) is 3.35. The fourth-order valence-electron chi connectivity index (χ4n) is 1.78. The average molecular weight is 284 g/mol. The van der Waals surface area contributed by atoms with Crippen molar-refractivity contribution in [2.45, 2.75) is 6.92 Å². The Labute approximate surface area is 121 Å². The number of carbonyl (C=O) groups excluding carboxylic acids is 1. The van der Waals surface area contributed by atoms with Gasteiger partial charge in [-0.05, 0) is 37.3 Å². The van der Waals surface area contributed by atoms with Crippen molar-refractivity contribution in [1.82, 2.24) is 0 Å². The maximum atomic E-state index is 13.7. The number of ether oxygens (including phenoxy) is 1. The molecule has 0 spiro atoms. The van der Waals surface area contributed by atoms with Crippen molar-refractivity contribution in [1.29, 1.82) is 5.26 Å². The van der Waals surface area contributed by atoms with Crippen molar-refractivity contribution in [2.75, 3.05) is 11.9 Å². The highest BCUT2D eigenvalue weighted by Gasteiger charge is 2.09. The molecule has 1 N–H and O–H groups in total. The van der Waals surface area contributed by atoms with E-state index >= 15 is 0 Å². The van der Waals surface area contributed by atoms with E-state index in [0.717, 1.165) is 0 Å². The summed E-state index contributed by atoms with van der Waals surface area (Å²) in [4.78, 5) is 12.0. The molecule has 0 aliphatic heterocycles. The zero-order valence-electron chi connectivity index (χ0n) is 11.4. The molecule has 0 aliphatic rings. The quantitative estimate of drug-likeness (QED) is 0.936. The number of nitrogens with zero attached hydrogens (tertiary/aromatic N) is 1. The largest absolute Gasteiger partial charge is 0.491 e. The normalized spacial score (nSPS) is 9.76. The molecule has 4 nitrogen and oxygen atoms in total. The van der Waals surface area contributed by atoms with Crippen LogP contribution in [0.3, 0.4) is 0 Å². The van der Waals surface area contributed by atoms with Crippen molar-refractivity contribution < 1.29 is 13.9 Å². The van der Waals surface area contributed by atoms with Crippen LogP contribution in [0.25, 0.3) is 0 Å². The van der Waals surface area contributed by atoms with Crippen LogP contribution < -0.4 is 10.1 Å². The summed E-state index contributed by atoms with van der Waals surface area (Å²) >= 11 is 0.